The maximum Gasteiger partial charge on any atom is 0.573 e. The first-order valence-electron chi connectivity index (χ1n) is 6.14. The summed E-state index contributed by atoms with van der Waals surface area (Å²) in [5.74, 6) is -0.404. The van der Waals surface area contributed by atoms with Crippen molar-refractivity contribution < 1.29 is 17.9 Å². The van der Waals surface area contributed by atoms with Crippen molar-refractivity contribution in [2.45, 2.75) is 45.0 Å². The first kappa shape index (κ1) is 19.4. The van der Waals surface area contributed by atoms with E-state index in [9.17, 15) is 13.2 Å². The average Bonchev–Trinajstić information content (AvgIpc) is 2.30. The minimum Gasteiger partial charge on any atom is -0.404 e. The van der Waals surface area contributed by atoms with Gasteiger partial charge in [0.05, 0.1) is 5.02 Å². The van der Waals surface area contributed by atoms with E-state index in [1.807, 2.05) is 0 Å². The fourth-order valence-corrected chi connectivity index (χ4v) is 1.96. The van der Waals surface area contributed by atoms with E-state index in [0.717, 1.165) is 31.2 Å². The molecule has 0 aliphatic carbocycles. The van der Waals surface area contributed by atoms with Gasteiger partial charge in [-0.1, -0.05) is 43.9 Å². The second kappa shape index (κ2) is 8.60. The van der Waals surface area contributed by atoms with E-state index < -0.39 is 12.1 Å². The van der Waals surface area contributed by atoms with Crippen molar-refractivity contribution in [1.82, 2.24) is 0 Å². The Morgan fingerprint density at radius 2 is 1.95 bits per heavy atom. The summed E-state index contributed by atoms with van der Waals surface area (Å²) in [6.45, 7) is 2.09. The number of hydrogen-bond acceptors (Lipinski definition) is 2. The standard InChI is InChI=1S/C13H17ClF3NO.ClH/c1-2-3-4-5-11(18)9-6-7-12(10(14)8-9)19-13(15,16)17;/h6-8,11H,2-5,18H2,1H3;1H/t11-;/m0./s1. The van der Waals surface area contributed by atoms with Crippen molar-refractivity contribution in [1.29, 1.82) is 0 Å². The number of nitrogens with two attached hydrogens (primary N) is 1. The molecule has 0 aliphatic heterocycles. The van der Waals surface area contributed by atoms with Crippen LogP contribution >= 0.6 is 24.0 Å². The van der Waals surface area contributed by atoms with Gasteiger partial charge in [0.25, 0.3) is 0 Å². The molecule has 0 spiro atoms. The van der Waals surface area contributed by atoms with Gasteiger partial charge in [-0.2, -0.15) is 0 Å². The van der Waals surface area contributed by atoms with Crippen molar-refractivity contribution in [2.75, 3.05) is 0 Å². The number of hydrogen-bond donors (Lipinski definition) is 1. The van der Waals surface area contributed by atoms with Crippen LogP contribution in [0.15, 0.2) is 18.2 Å². The Balaban J connectivity index is 0.00000361. The molecule has 0 bridgehead atoms. The van der Waals surface area contributed by atoms with Gasteiger partial charge in [-0.3, -0.25) is 0 Å². The molecule has 20 heavy (non-hydrogen) atoms. The molecule has 2 nitrogen and oxygen atoms in total. The summed E-state index contributed by atoms with van der Waals surface area (Å²) < 4.78 is 40.0. The molecule has 0 radical (unpaired) electrons. The van der Waals surface area contributed by atoms with Gasteiger partial charge in [-0.05, 0) is 24.1 Å². The molecule has 116 valence electrons. The van der Waals surface area contributed by atoms with Gasteiger partial charge in [-0.15, -0.1) is 25.6 Å². The van der Waals surface area contributed by atoms with E-state index in [-0.39, 0.29) is 23.5 Å². The molecule has 1 aromatic rings. The van der Waals surface area contributed by atoms with Crippen molar-refractivity contribution in [3.63, 3.8) is 0 Å². The van der Waals surface area contributed by atoms with Gasteiger partial charge in [0.15, 0.2) is 0 Å². The van der Waals surface area contributed by atoms with Gasteiger partial charge >= 0.3 is 6.36 Å². The zero-order valence-electron chi connectivity index (χ0n) is 11.0. The third-order valence-corrected chi connectivity index (χ3v) is 3.02. The van der Waals surface area contributed by atoms with Crippen molar-refractivity contribution in [2.24, 2.45) is 5.73 Å². The number of benzene rings is 1. The lowest BCUT2D eigenvalue weighted by Crippen LogP contribution is -2.17. The van der Waals surface area contributed by atoms with Crippen LogP contribution in [0.5, 0.6) is 5.75 Å². The average molecular weight is 332 g/mol. The summed E-state index contributed by atoms with van der Waals surface area (Å²) in [6.07, 6.45) is -0.809. The number of unbranched alkanes of at least 4 members (excludes halogenated alkanes) is 2. The molecule has 2 N–H and O–H groups in total. The molecule has 0 amide bonds. The highest BCUT2D eigenvalue weighted by atomic mass is 35.5. The Kier molecular flexibility index (Phi) is 8.32. The molecule has 0 saturated heterocycles. The molecule has 0 unspecified atom stereocenters. The van der Waals surface area contributed by atoms with Gasteiger partial charge in [0.1, 0.15) is 5.75 Å². The molecule has 7 heteroatoms. The molecule has 0 heterocycles. The van der Waals surface area contributed by atoms with Crippen LogP contribution in [0, 0.1) is 0 Å². The molecule has 1 atom stereocenters. The van der Waals surface area contributed by atoms with Crippen LogP contribution in [0.25, 0.3) is 0 Å². The Labute approximate surface area is 127 Å². The highest BCUT2D eigenvalue weighted by molar-refractivity contribution is 6.32. The number of alkyl halides is 3. The first-order valence-corrected chi connectivity index (χ1v) is 6.52. The van der Waals surface area contributed by atoms with E-state index >= 15 is 0 Å². The Bertz CT molecular complexity index is 413. The summed E-state index contributed by atoms with van der Waals surface area (Å²) in [5, 5.41) is -0.0826. The fraction of sp³-hybridized carbons (Fsp3) is 0.538. The molecular weight excluding hydrogens is 314 g/mol. The van der Waals surface area contributed by atoms with Crippen LogP contribution in [0.3, 0.4) is 0 Å². The molecular formula is C13H18Cl2F3NO. The first-order chi connectivity index (χ1) is 8.83. The van der Waals surface area contributed by atoms with Crippen molar-refractivity contribution in [3.8, 4) is 5.75 Å². The monoisotopic (exact) mass is 331 g/mol. The Morgan fingerprint density at radius 3 is 2.45 bits per heavy atom. The largest absolute Gasteiger partial charge is 0.573 e. The van der Waals surface area contributed by atoms with Crippen LogP contribution in [0.2, 0.25) is 5.02 Å². The van der Waals surface area contributed by atoms with Crippen LogP contribution in [-0.2, 0) is 0 Å². The minimum absolute atomic E-state index is 0. The van der Waals surface area contributed by atoms with Gasteiger partial charge in [0, 0.05) is 6.04 Å². The van der Waals surface area contributed by atoms with Gasteiger partial charge < -0.3 is 10.5 Å². The van der Waals surface area contributed by atoms with Crippen LogP contribution in [0.1, 0.15) is 44.2 Å². The highest BCUT2D eigenvalue weighted by Crippen LogP contribution is 2.32. The van der Waals surface area contributed by atoms with E-state index in [4.69, 9.17) is 17.3 Å². The predicted molar refractivity (Wildman–Crippen MR) is 76.5 cm³/mol. The molecule has 1 aromatic carbocycles. The summed E-state index contributed by atoms with van der Waals surface area (Å²) in [7, 11) is 0. The predicted octanol–water partition coefficient (Wildman–Crippen LogP) is 5.24. The third-order valence-electron chi connectivity index (χ3n) is 2.73. The Morgan fingerprint density at radius 1 is 1.30 bits per heavy atom. The Hall–Kier alpha value is -0.650. The highest BCUT2D eigenvalue weighted by Gasteiger charge is 2.32. The lowest BCUT2D eigenvalue weighted by Gasteiger charge is -2.15. The van der Waals surface area contributed by atoms with E-state index in [2.05, 4.69) is 11.7 Å². The summed E-state index contributed by atoms with van der Waals surface area (Å²) in [5.41, 5.74) is 6.68. The smallest absolute Gasteiger partial charge is 0.404 e. The third kappa shape index (κ3) is 6.68. The van der Waals surface area contributed by atoms with Crippen LogP contribution in [-0.4, -0.2) is 6.36 Å². The molecule has 0 aliphatic rings. The van der Waals surface area contributed by atoms with E-state index in [0.29, 0.717) is 0 Å². The fourth-order valence-electron chi connectivity index (χ4n) is 1.74. The minimum atomic E-state index is -4.74. The zero-order valence-corrected chi connectivity index (χ0v) is 12.6. The number of halogens is 5. The summed E-state index contributed by atoms with van der Waals surface area (Å²) in [6, 6.07) is 3.93. The SMILES string of the molecule is CCCCC[C@H](N)c1ccc(OC(F)(F)F)c(Cl)c1.Cl. The van der Waals surface area contributed by atoms with E-state index in [1.54, 1.807) is 0 Å². The van der Waals surface area contributed by atoms with Gasteiger partial charge in [-0.25, -0.2) is 0 Å². The number of ether oxygens (including phenoxy) is 1. The van der Waals surface area contributed by atoms with Crippen LogP contribution in [0.4, 0.5) is 13.2 Å². The van der Waals surface area contributed by atoms with Gasteiger partial charge in [0.2, 0.25) is 0 Å². The molecule has 0 saturated carbocycles. The summed E-state index contributed by atoms with van der Waals surface area (Å²) in [4.78, 5) is 0. The quantitative estimate of drug-likeness (QED) is 0.723. The van der Waals surface area contributed by atoms with Crippen LogP contribution < -0.4 is 10.5 Å². The molecule has 1 rings (SSSR count). The lowest BCUT2D eigenvalue weighted by atomic mass is 10.0. The maximum atomic E-state index is 12.1. The van der Waals surface area contributed by atoms with E-state index in [1.165, 1.54) is 18.2 Å². The normalized spacial score (nSPS) is 12.7. The second-order valence-electron chi connectivity index (χ2n) is 4.34. The lowest BCUT2D eigenvalue weighted by molar-refractivity contribution is -0.274. The number of rotatable bonds is 6. The zero-order chi connectivity index (χ0) is 14.5. The van der Waals surface area contributed by atoms with Crippen molar-refractivity contribution in [3.05, 3.63) is 28.8 Å². The molecule has 0 aromatic heterocycles. The topological polar surface area (TPSA) is 35.2 Å². The van der Waals surface area contributed by atoms with Crippen molar-refractivity contribution >= 4 is 24.0 Å². The maximum absolute atomic E-state index is 12.1. The molecule has 0 fully saturated rings. The summed E-state index contributed by atoms with van der Waals surface area (Å²) >= 11 is 5.76. The second-order valence-corrected chi connectivity index (χ2v) is 4.75.